The number of benzene rings is 1. The highest BCUT2D eigenvalue weighted by Crippen LogP contribution is 2.60. The van der Waals surface area contributed by atoms with Crippen LogP contribution in [0.3, 0.4) is 0 Å². The molecule has 124 valence electrons. The highest BCUT2D eigenvalue weighted by molar-refractivity contribution is 7.19. The molecule has 2 bridgehead atoms. The molecule has 0 radical (unpaired) electrons. The molecule has 2 aromatic rings. The van der Waals surface area contributed by atoms with Crippen molar-refractivity contribution >= 4 is 21.4 Å². The van der Waals surface area contributed by atoms with Crippen LogP contribution in [-0.2, 0) is 5.60 Å². The molecular weight excluding hydrogens is 306 g/mol. The van der Waals surface area contributed by atoms with Gasteiger partial charge >= 0.3 is 0 Å². The van der Waals surface area contributed by atoms with Crippen LogP contribution in [0.15, 0.2) is 24.3 Å². The summed E-state index contributed by atoms with van der Waals surface area (Å²) >= 11 is 1.74. The zero-order valence-electron chi connectivity index (χ0n) is 14.1. The Morgan fingerprint density at radius 1 is 1.35 bits per heavy atom. The summed E-state index contributed by atoms with van der Waals surface area (Å²) in [7, 11) is 5.94. The van der Waals surface area contributed by atoms with E-state index in [0.29, 0.717) is 17.8 Å². The molecule has 1 heterocycles. The SMILES string of the molecule is COc1cccc2sc(C3(O)C4CCC(C4)C3CN(C)C)cc12. The van der Waals surface area contributed by atoms with Gasteiger partial charge in [0, 0.05) is 27.4 Å². The molecule has 23 heavy (non-hydrogen) atoms. The molecule has 0 spiro atoms. The Balaban J connectivity index is 1.81. The first kappa shape index (κ1) is 15.4. The standard InChI is InChI=1S/C19H25NO2S/c1-20(2)11-15-12-7-8-13(9-12)19(15,21)18-10-14-16(22-3)5-4-6-17(14)23-18/h4-6,10,12-13,15,21H,7-9,11H2,1-3H3. The number of fused-ring (bicyclic) bond motifs is 3. The first-order valence-corrected chi connectivity index (χ1v) is 9.29. The Kier molecular flexibility index (Phi) is 3.67. The lowest BCUT2D eigenvalue weighted by Gasteiger charge is -2.40. The fraction of sp³-hybridized carbons (Fsp3) is 0.579. The van der Waals surface area contributed by atoms with Gasteiger partial charge in [0.15, 0.2) is 0 Å². The molecule has 3 nitrogen and oxygen atoms in total. The van der Waals surface area contributed by atoms with Crippen LogP contribution in [-0.4, -0.2) is 37.8 Å². The quantitative estimate of drug-likeness (QED) is 0.927. The molecule has 0 aliphatic heterocycles. The maximum absolute atomic E-state index is 11.8. The van der Waals surface area contributed by atoms with Gasteiger partial charge in [-0.25, -0.2) is 0 Å². The normalized spacial score (nSPS) is 33.0. The van der Waals surface area contributed by atoms with Crippen molar-refractivity contribution in [2.75, 3.05) is 27.7 Å². The summed E-state index contributed by atoms with van der Waals surface area (Å²) in [5, 5.41) is 12.9. The molecule has 1 N–H and O–H groups in total. The number of nitrogens with zero attached hydrogens (tertiary/aromatic N) is 1. The maximum atomic E-state index is 11.8. The third kappa shape index (κ3) is 2.23. The fourth-order valence-corrected chi connectivity index (χ4v) is 6.23. The van der Waals surface area contributed by atoms with Crippen molar-refractivity contribution < 1.29 is 9.84 Å². The molecule has 2 fully saturated rings. The van der Waals surface area contributed by atoms with Crippen molar-refractivity contribution in [1.82, 2.24) is 4.90 Å². The molecule has 2 aliphatic carbocycles. The molecule has 0 amide bonds. The summed E-state index contributed by atoms with van der Waals surface area (Å²) in [5.41, 5.74) is -0.665. The molecule has 0 saturated heterocycles. The average molecular weight is 331 g/mol. The van der Waals surface area contributed by atoms with Crippen molar-refractivity contribution in [1.29, 1.82) is 0 Å². The van der Waals surface area contributed by atoms with Crippen LogP contribution in [0.25, 0.3) is 10.1 Å². The van der Waals surface area contributed by atoms with Gasteiger partial charge in [0.05, 0.1) is 7.11 Å². The number of aliphatic hydroxyl groups is 1. The van der Waals surface area contributed by atoms with Gasteiger partial charge in [-0.05, 0) is 63.4 Å². The van der Waals surface area contributed by atoms with Crippen molar-refractivity contribution in [2.45, 2.75) is 24.9 Å². The topological polar surface area (TPSA) is 32.7 Å². The second-order valence-electron chi connectivity index (χ2n) is 7.45. The Bertz CT molecular complexity index is 725. The van der Waals surface area contributed by atoms with E-state index in [1.165, 1.54) is 17.5 Å². The first-order chi connectivity index (χ1) is 11.0. The molecule has 4 heteroatoms. The largest absolute Gasteiger partial charge is 0.496 e. The van der Waals surface area contributed by atoms with Crippen LogP contribution >= 0.6 is 11.3 Å². The van der Waals surface area contributed by atoms with E-state index in [4.69, 9.17) is 4.74 Å². The molecule has 4 rings (SSSR count). The Labute approximate surface area is 141 Å². The number of hydrogen-bond donors (Lipinski definition) is 1. The lowest BCUT2D eigenvalue weighted by Crippen LogP contribution is -2.44. The Morgan fingerprint density at radius 2 is 2.17 bits per heavy atom. The zero-order valence-corrected chi connectivity index (χ0v) is 14.9. The van der Waals surface area contributed by atoms with Crippen molar-refractivity contribution in [3.05, 3.63) is 29.1 Å². The molecule has 4 atom stereocenters. The van der Waals surface area contributed by atoms with E-state index < -0.39 is 5.60 Å². The van der Waals surface area contributed by atoms with Crippen molar-refractivity contribution in [3.63, 3.8) is 0 Å². The monoisotopic (exact) mass is 331 g/mol. The van der Waals surface area contributed by atoms with E-state index in [-0.39, 0.29) is 0 Å². The fourth-order valence-electron chi connectivity index (χ4n) is 4.92. The van der Waals surface area contributed by atoms with E-state index in [1.807, 2.05) is 12.1 Å². The minimum Gasteiger partial charge on any atom is -0.496 e. The van der Waals surface area contributed by atoms with Crippen LogP contribution in [0.1, 0.15) is 24.1 Å². The number of rotatable bonds is 4. The molecule has 1 aromatic carbocycles. The Morgan fingerprint density at radius 3 is 2.91 bits per heavy atom. The molecule has 2 saturated carbocycles. The van der Waals surface area contributed by atoms with E-state index in [1.54, 1.807) is 18.4 Å². The molecule has 1 aromatic heterocycles. The smallest absolute Gasteiger partial charge is 0.127 e. The predicted octanol–water partition coefficient (Wildman–Crippen LogP) is 3.71. The third-order valence-electron chi connectivity index (χ3n) is 5.93. The van der Waals surface area contributed by atoms with E-state index >= 15 is 0 Å². The summed E-state index contributed by atoms with van der Waals surface area (Å²) < 4.78 is 6.71. The van der Waals surface area contributed by atoms with Crippen LogP contribution < -0.4 is 4.74 Å². The second kappa shape index (κ2) is 5.47. The van der Waals surface area contributed by atoms with E-state index in [9.17, 15) is 5.11 Å². The summed E-state index contributed by atoms with van der Waals surface area (Å²) in [6, 6.07) is 8.34. The summed E-state index contributed by atoms with van der Waals surface area (Å²) in [6.45, 7) is 0.961. The minimum atomic E-state index is -0.665. The van der Waals surface area contributed by atoms with Gasteiger partial charge in [-0.1, -0.05) is 6.07 Å². The predicted molar refractivity (Wildman–Crippen MR) is 95.1 cm³/mol. The van der Waals surface area contributed by atoms with Crippen molar-refractivity contribution in [3.8, 4) is 5.75 Å². The van der Waals surface area contributed by atoms with Gasteiger partial charge in [0.1, 0.15) is 11.4 Å². The van der Waals surface area contributed by atoms with Crippen LogP contribution in [0.4, 0.5) is 0 Å². The van der Waals surface area contributed by atoms with Gasteiger partial charge in [-0.2, -0.15) is 0 Å². The Hall–Kier alpha value is -1.10. The van der Waals surface area contributed by atoms with Gasteiger partial charge in [-0.3, -0.25) is 0 Å². The van der Waals surface area contributed by atoms with Crippen LogP contribution in [0.2, 0.25) is 0 Å². The van der Waals surface area contributed by atoms with Crippen LogP contribution in [0, 0.1) is 17.8 Å². The van der Waals surface area contributed by atoms with E-state index in [0.717, 1.165) is 29.0 Å². The lowest BCUT2D eigenvalue weighted by molar-refractivity contribution is -0.0701. The van der Waals surface area contributed by atoms with Crippen LogP contribution in [0.5, 0.6) is 5.75 Å². The third-order valence-corrected chi connectivity index (χ3v) is 7.17. The number of thiophene rings is 1. The summed E-state index contributed by atoms with van der Waals surface area (Å²) in [4.78, 5) is 3.36. The molecule has 4 unspecified atom stereocenters. The number of ether oxygens (including phenoxy) is 1. The maximum Gasteiger partial charge on any atom is 0.127 e. The van der Waals surface area contributed by atoms with Gasteiger partial charge in [0.2, 0.25) is 0 Å². The van der Waals surface area contributed by atoms with E-state index in [2.05, 4.69) is 31.1 Å². The molecule has 2 aliphatic rings. The second-order valence-corrected chi connectivity index (χ2v) is 8.53. The average Bonchev–Trinajstić information content (AvgIpc) is 3.22. The lowest BCUT2D eigenvalue weighted by atomic mass is 9.74. The minimum absolute atomic E-state index is 0.343. The van der Waals surface area contributed by atoms with Crippen molar-refractivity contribution in [2.24, 2.45) is 17.8 Å². The molecular formula is C19H25NO2S. The highest BCUT2D eigenvalue weighted by Gasteiger charge is 2.58. The zero-order chi connectivity index (χ0) is 16.2. The first-order valence-electron chi connectivity index (χ1n) is 8.48. The van der Waals surface area contributed by atoms with Gasteiger partial charge in [-0.15, -0.1) is 11.3 Å². The summed E-state index contributed by atoms with van der Waals surface area (Å²) in [5.74, 6) is 2.33. The number of methoxy groups -OCH3 is 1. The summed E-state index contributed by atoms with van der Waals surface area (Å²) in [6.07, 6.45) is 3.62. The highest BCUT2D eigenvalue weighted by atomic mass is 32.1. The number of hydrogen-bond acceptors (Lipinski definition) is 4. The van der Waals surface area contributed by atoms with Gasteiger partial charge < -0.3 is 14.7 Å². The van der Waals surface area contributed by atoms with Gasteiger partial charge in [0.25, 0.3) is 0 Å².